The smallest absolute Gasteiger partial charge is 0.410 e. The molecule has 150 valence electrons. The molecule has 1 spiro atoms. The standard InChI is InChI=1S/C20H32N4O3/c1-6-7-15(4)24-13-20(27-19(24)26)8-10-23(11-9-20)18(25)17-12-16(14(2)3)21-22(17)5/h12,14-15H,6-11,13H2,1-5H3/t15-/m1/s1. The van der Waals surface area contributed by atoms with Gasteiger partial charge in [-0.1, -0.05) is 27.2 Å². The van der Waals surface area contributed by atoms with Gasteiger partial charge in [-0.3, -0.25) is 9.48 Å². The molecule has 0 aromatic carbocycles. The topological polar surface area (TPSA) is 67.7 Å². The molecule has 0 bridgehead atoms. The lowest BCUT2D eigenvalue weighted by atomic mass is 9.90. The summed E-state index contributed by atoms with van der Waals surface area (Å²) in [5, 5.41) is 4.45. The summed E-state index contributed by atoms with van der Waals surface area (Å²) in [6.45, 7) is 10.2. The molecule has 0 saturated carbocycles. The van der Waals surface area contributed by atoms with E-state index in [2.05, 4.69) is 32.8 Å². The molecule has 2 aliphatic heterocycles. The fourth-order valence-corrected chi connectivity index (χ4v) is 4.07. The predicted molar refractivity (Wildman–Crippen MR) is 103 cm³/mol. The normalized spacial score (nSPS) is 20.4. The summed E-state index contributed by atoms with van der Waals surface area (Å²) in [5.41, 5.74) is 1.11. The van der Waals surface area contributed by atoms with E-state index in [0.29, 0.717) is 38.2 Å². The summed E-state index contributed by atoms with van der Waals surface area (Å²) in [7, 11) is 1.82. The van der Waals surface area contributed by atoms with Crippen molar-refractivity contribution in [3.05, 3.63) is 17.5 Å². The summed E-state index contributed by atoms with van der Waals surface area (Å²) in [6, 6.07) is 2.09. The third-order valence-electron chi connectivity index (χ3n) is 5.91. The van der Waals surface area contributed by atoms with E-state index in [-0.39, 0.29) is 24.0 Å². The zero-order valence-corrected chi connectivity index (χ0v) is 17.2. The number of ether oxygens (including phenoxy) is 1. The fraction of sp³-hybridized carbons (Fsp3) is 0.750. The molecule has 27 heavy (non-hydrogen) atoms. The molecule has 0 radical (unpaired) electrons. The van der Waals surface area contributed by atoms with Crippen LogP contribution >= 0.6 is 0 Å². The molecule has 3 rings (SSSR count). The van der Waals surface area contributed by atoms with Crippen LogP contribution in [0.5, 0.6) is 0 Å². The highest BCUT2D eigenvalue weighted by atomic mass is 16.6. The number of hydrogen-bond acceptors (Lipinski definition) is 4. The highest BCUT2D eigenvalue weighted by Gasteiger charge is 2.48. The molecule has 1 aromatic heterocycles. The van der Waals surface area contributed by atoms with Crippen LogP contribution < -0.4 is 0 Å². The molecular weight excluding hydrogens is 344 g/mol. The molecule has 2 amide bonds. The lowest BCUT2D eigenvalue weighted by molar-refractivity contribution is 0.00277. The molecule has 2 fully saturated rings. The minimum absolute atomic E-state index is 0.00674. The van der Waals surface area contributed by atoms with E-state index >= 15 is 0 Å². The van der Waals surface area contributed by atoms with Crippen molar-refractivity contribution >= 4 is 12.0 Å². The monoisotopic (exact) mass is 376 g/mol. The molecule has 0 unspecified atom stereocenters. The minimum atomic E-state index is -0.439. The zero-order valence-electron chi connectivity index (χ0n) is 17.2. The lowest BCUT2D eigenvalue weighted by Gasteiger charge is -2.37. The molecule has 0 aliphatic carbocycles. The van der Waals surface area contributed by atoms with Crippen LogP contribution in [0.2, 0.25) is 0 Å². The quantitative estimate of drug-likeness (QED) is 0.792. The Kier molecular flexibility index (Phi) is 5.49. The Hall–Kier alpha value is -2.05. The van der Waals surface area contributed by atoms with E-state index in [0.717, 1.165) is 18.5 Å². The van der Waals surface area contributed by atoms with Gasteiger partial charge in [0.15, 0.2) is 0 Å². The van der Waals surface area contributed by atoms with Crippen molar-refractivity contribution in [3.63, 3.8) is 0 Å². The van der Waals surface area contributed by atoms with Gasteiger partial charge in [0.1, 0.15) is 11.3 Å². The first-order chi connectivity index (χ1) is 12.8. The first-order valence-electron chi connectivity index (χ1n) is 10.1. The predicted octanol–water partition coefficient (Wildman–Crippen LogP) is 3.16. The maximum Gasteiger partial charge on any atom is 0.410 e. The van der Waals surface area contributed by atoms with Gasteiger partial charge in [-0.25, -0.2) is 4.79 Å². The van der Waals surface area contributed by atoms with Gasteiger partial charge in [-0.05, 0) is 25.3 Å². The number of carbonyl (C=O) groups excluding carboxylic acids is 2. The minimum Gasteiger partial charge on any atom is -0.441 e. The number of amides is 2. The molecule has 3 heterocycles. The number of nitrogens with zero attached hydrogens (tertiary/aromatic N) is 4. The van der Waals surface area contributed by atoms with Gasteiger partial charge in [0.25, 0.3) is 5.91 Å². The second-order valence-corrected chi connectivity index (χ2v) is 8.34. The zero-order chi connectivity index (χ0) is 19.8. The average Bonchev–Trinajstić information content (AvgIpc) is 3.16. The molecule has 1 atom stereocenters. The Balaban J connectivity index is 1.64. The number of aromatic nitrogens is 2. The highest BCUT2D eigenvalue weighted by Crippen LogP contribution is 2.35. The maximum absolute atomic E-state index is 12.9. The third kappa shape index (κ3) is 3.82. The Morgan fingerprint density at radius 2 is 1.96 bits per heavy atom. The number of aryl methyl sites for hydroxylation is 1. The van der Waals surface area contributed by atoms with E-state index in [1.54, 1.807) is 4.68 Å². The van der Waals surface area contributed by atoms with Crippen molar-refractivity contribution in [2.75, 3.05) is 19.6 Å². The molecule has 2 saturated heterocycles. The summed E-state index contributed by atoms with van der Waals surface area (Å²) in [5.74, 6) is 0.295. The van der Waals surface area contributed by atoms with Crippen LogP contribution in [0.1, 0.15) is 75.5 Å². The van der Waals surface area contributed by atoms with Gasteiger partial charge >= 0.3 is 6.09 Å². The molecule has 1 aromatic rings. The van der Waals surface area contributed by atoms with Gasteiger partial charge < -0.3 is 14.5 Å². The van der Waals surface area contributed by atoms with E-state index in [9.17, 15) is 9.59 Å². The fourth-order valence-electron chi connectivity index (χ4n) is 4.07. The second-order valence-electron chi connectivity index (χ2n) is 8.34. The summed E-state index contributed by atoms with van der Waals surface area (Å²) >= 11 is 0. The third-order valence-corrected chi connectivity index (χ3v) is 5.91. The highest BCUT2D eigenvalue weighted by molar-refractivity contribution is 5.92. The SMILES string of the molecule is CCC[C@@H](C)N1CC2(CCN(C(=O)c3cc(C(C)C)nn3C)CC2)OC1=O. The van der Waals surface area contributed by atoms with E-state index < -0.39 is 5.60 Å². The maximum atomic E-state index is 12.9. The second kappa shape index (κ2) is 7.52. The summed E-state index contributed by atoms with van der Waals surface area (Å²) in [6.07, 6.45) is 3.20. The van der Waals surface area contributed by atoms with E-state index in [4.69, 9.17) is 4.74 Å². The molecular formula is C20H32N4O3. The molecule has 2 aliphatic rings. The van der Waals surface area contributed by atoms with Crippen molar-refractivity contribution in [2.24, 2.45) is 7.05 Å². The first kappa shape index (κ1) is 19.7. The number of rotatable bonds is 5. The van der Waals surface area contributed by atoms with Crippen LogP contribution in [0, 0.1) is 0 Å². The van der Waals surface area contributed by atoms with Gasteiger partial charge in [0.05, 0.1) is 12.2 Å². The van der Waals surface area contributed by atoms with Gasteiger partial charge in [0, 0.05) is 39.0 Å². The Morgan fingerprint density at radius 1 is 1.30 bits per heavy atom. The number of hydrogen-bond donors (Lipinski definition) is 0. The first-order valence-corrected chi connectivity index (χ1v) is 10.1. The van der Waals surface area contributed by atoms with Crippen LogP contribution in [0.25, 0.3) is 0 Å². The van der Waals surface area contributed by atoms with Crippen molar-refractivity contribution in [1.29, 1.82) is 0 Å². The Morgan fingerprint density at radius 3 is 2.52 bits per heavy atom. The molecule has 7 nitrogen and oxygen atoms in total. The van der Waals surface area contributed by atoms with Crippen molar-refractivity contribution in [3.8, 4) is 0 Å². The lowest BCUT2D eigenvalue weighted by Crippen LogP contribution is -2.49. The van der Waals surface area contributed by atoms with Gasteiger partial charge in [-0.15, -0.1) is 0 Å². The van der Waals surface area contributed by atoms with Crippen molar-refractivity contribution in [2.45, 2.75) is 70.9 Å². The van der Waals surface area contributed by atoms with E-state index in [1.807, 2.05) is 22.9 Å². The van der Waals surface area contributed by atoms with Gasteiger partial charge in [-0.2, -0.15) is 5.10 Å². The van der Waals surface area contributed by atoms with Crippen molar-refractivity contribution in [1.82, 2.24) is 19.6 Å². The van der Waals surface area contributed by atoms with Crippen LogP contribution in [0.3, 0.4) is 0 Å². The Labute approximate surface area is 161 Å². The number of likely N-dealkylation sites (tertiary alicyclic amines) is 1. The summed E-state index contributed by atoms with van der Waals surface area (Å²) < 4.78 is 7.47. The molecule has 0 N–H and O–H groups in total. The van der Waals surface area contributed by atoms with Crippen LogP contribution in [0.15, 0.2) is 6.07 Å². The molecule has 7 heteroatoms. The Bertz CT molecular complexity index is 704. The number of carbonyl (C=O) groups is 2. The van der Waals surface area contributed by atoms with E-state index in [1.165, 1.54) is 0 Å². The van der Waals surface area contributed by atoms with Crippen molar-refractivity contribution < 1.29 is 14.3 Å². The van der Waals surface area contributed by atoms with Gasteiger partial charge in [0.2, 0.25) is 0 Å². The number of piperidine rings is 1. The average molecular weight is 377 g/mol. The summed E-state index contributed by atoms with van der Waals surface area (Å²) in [4.78, 5) is 29.0. The largest absolute Gasteiger partial charge is 0.441 e. The van der Waals surface area contributed by atoms with Crippen LogP contribution in [-0.4, -0.2) is 62.9 Å². The van der Waals surface area contributed by atoms with Crippen LogP contribution in [-0.2, 0) is 11.8 Å². The van der Waals surface area contributed by atoms with Crippen LogP contribution in [0.4, 0.5) is 4.79 Å².